The third-order valence-corrected chi connectivity index (χ3v) is 7.93. The number of rotatable bonds is 3. The summed E-state index contributed by atoms with van der Waals surface area (Å²) < 4.78 is 3.63. The molecule has 8 heteroatoms. The average molecular weight is 440 g/mol. The van der Waals surface area contributed by atoms with Crippen LogP contribution in [-0.2, 0) is 12.8 Å². The quantitative estimate of drug-likeness (QED) is 0.622. The highest BCUT2D eigenvalue weighted by Crippen LogP contribution is 2.36. The van der Waals surface area contributed by atoms with Gasteiger partial charge in [0, 0.05) is 36.2 Å². The fraction of sp³-hybridized carbons (Fsp3) is 0.565. The Bertz CT molecular complexity index is 1180. The van der Waals surface area contributed by atoms with Crippen LogP contribution in [0.3, 0.4) is 0 Å². The zero-order valence-electron chi connectivity index (χ0n) is 18.4. The Morgan fingerprint density at radius 3 is 2.71 bits per heavy atom. The number of fused-ring (bicyclic) bond motifs is 3. The first-order valence-electron chi connectivity index (χ1n) is 11.3. The molecule has 1 aliphatic heterocycles. The van der Waals surface area contributed by atoms with Crippen molar-refractivity contribution in [2.24, 2.45) is 5.92 Å². The lowest BCUT2D eigenvalue weighted by Gasteiger charge is -2.32. The predicted octanol–water partition coefficient (Wildman–Crippen LogP) is 3.84. The zero-order chi connectivity index (χ0) is 21.7. The number of piperidine rings is 1. The number of aromatic nitrogens is 4. The van der Waals surface area contributed by atoms with Gasteiger partial charge >= 0.3 is 0 Å². The molecule has 7 nitrogen and oxygen atoms in total. The van der Waals surface area contributed by atoms with Crippen molar-refractivity contribution in [3.63, 3.8) is 0 Å². The van der Waals surface area contributed by atoms with Crippen molar-refractivity contribution in [3.8, 4) is 0 Å². The van der Waals surface area contributed by atoms with Crippen LogP contribution in [0.1, 0.15) is 72.9 Å². The van der Waals surface area contributed by atoms with Gasteiger partial charge in [0.05, 0.1) is 23.5 Å². The van der Waals surface area contributed by atoms with E-state index in [0.717, 1.165) is 42.3 Å². The monoisotopic (exact) mass is 439 g/mol. The number of carbonyl (C=O) groups is 1. The molecule has 1 saturated heterocycles. The van der Waals surface area contributed by atoms with Crippen molar-refractivity contribution in [2.45, 2.75) is 65.0 Å². The Hall–Kier alpha value is -2.48. The van der Waals surface area contributed by atoms with Gasteiger partial charge in [-0.25, -0.2) is 4.98 Å². The van der Waals surface area contributed by atoms with Crippen LogP contribution >= 0.6 is 11.3 Å². The Balaban J connectivity index is 1.34. The molecule has 3 aromatic rings. The van der Waals surface area contributed by atoms with Crippen LogP contribution in [0, 0.1) is 5.92 Å². The number of likely N-dealkylation sites (tertiary alicyclic amines) is 1. The lowest BCUT2D eigenvalue weighted by Crippen LogP contribution is -2.40. The molecular formula is C23H29N5O2S. The Morgan fingerprint density at radius 1 is 1.23 bits per heavy atom. The molecule has 1 amide bonds. The number of carbonyl (C=O) groups excluding carboxylic acids is 1. The van der Waals surface area contributed by atoms with Crippen LogP contribution in [0.4, 0.5) is 0 Å². The van der Waals surface area contributed by atoms with E-state index in [9.17, 15) is 9.59 Å². The largest absolute Gasteiger partial charge is 0.338 e. The van der Waals surface area contributed by atoms with Gasteiger partial charge in [-0.15, -0.1) is 11.3 Å². The number of hydrogen-bond donors (Lipinski definition) is 0. The highest BCUT2D eigenvalue weighted by Gasteiger charge is 2.28. The number of aryl methyl sites for hydroxylation is 1. The summed E-state index contributed by atoms with van der Waals surface area (Å²) in [5, 5.41) is 5.13. The summed E-state index contributed by atoms with van der Waals surface area (Å²) in [7, 11) is 0. The van der Waals surface area contributed by atoms with Gasteiger partial charge in [-0.2, -0.15) is 5.10 Å². The molecule has 0 spiro atoms. The van der Waals surface area contributed by atoms with E-state index in [1.807, 2.05) is 34.2 Å². The molecule has 0 N–H and O–H groups in total. The summed E-state index contributed by atoms with van der Waals surface area (Å²) in [6.07, 6.45) is 9.91. The first-order valence-corrected chi connectivity index (χ1v) is 12.1. The van der Waals surface area contributed by atoms with E-state index in [4.69, 9.17) is 0 Å². The normalized spacial score (nSPS) is 19.9. The summed E-state index contributed by atoms with van der Waals surface area (Å²) in [5.74, 6) is 0.699. The van der Waals surface area contributed by atoms with Crippen molar-refractivity contribution in [1.29, 1.82) is 0 Å². The molecule has 4 heterocycles. The van der Waals surface area contributed by atoms with Crippen LogP contribution in [0.2, 0.25) is 0 Å². The van der Waals surface area contributed by atoms with Crippen LogP contribution < -0.4 is 5.56 Å². The van der Waals surface area contributed by atoms with Crippen LogP contribution in [0.15, 0.2) is 23.5 Å². The second-order valence-electron chi connectivity index (χ2n) is 9.32. The molecule has 0 saturated carbocycles. The summed E-state index contributed by atoms with van der Waals surface area (Å²) in [6, 6.07) is 0.317. The first kappa shape index (κ1) is 20.4. The molecule has 1 atom stereocenters. The number of hydrogen-bond acceptors (Lipinski definition) is 5. The third kappa shape index (κ3) is 3.60. The molecule has 31 heavy (non-hydrogen) atoms. The van der Waals surface area contributed by atoms with Gasteiger partial charge in [0.25, 0.3) is 11.5 Å². The summed E-state index contributed by atoms with van der Waals surface area (Å²) in [5.41, 5.74) is 1.96. The summed E-state index contributed by atoms with van der Waals surface area (Å²) in [6.45, 7) is 7.64. The Kier molecular flexibility index (Phi) is 5.20. The van der Waals surface area contributed by atoms with Gasteiger partial charge < -0.3 is 4.90 Å². The van der Waals surface area contributed by atoms with E-state index in [0.29, 0.717) is 24.6 Å². The smallest absolute Gasteiger partial charge is 0.262 e. The SMILES string of the molecule is CC1CCc2c(sc3ncn(C4CCN(C(=O)c5cnn(C(C)C)c5)CC4)c(=O)c23)C1. The highest BCUT2D eigenvalue weighted by atomic mass is 32.1. The van der Waals surface area contributed by atoms with Crippen LogP contribution in [0.5, 0.6) is 0 Å². The van der Waals surface area contributed by atoms with Crippen molar-refractivity contribution in [2.75, 3.05) is 13.1 Å². The topological polar surface area (TPSA) is 73.0 Å². The Morgan fingerprint density at radius 2 is 2.00 bits per heavy atom. The lowest BCUT2D eigenvalue weighted by molar-refractivity contribution is 0.0693. The minimum absolute atomic E-state index is 0.0206. The molecule has 1 fully saturated rings. The maximum Gasteiger partial charge on any atom is 0.262 e. The predicted molar refractivity (Wildman–Crippen MR) is 122 cm³/mol. The lowest BCUT2D eigenvalue weighted by atomic mass is 9.89. The molecule has 0 bridgehead atoms. The fourth-order valence-electron chi connectivity index (χ4n) is 4.86. The molecule has 0 radical (unpaired) electrons. The highest BCUT2D eigenvalue weighted by molar-refractivity contribution is 7.18. The van der Waals surface area contributed by atoms with E-state index < -0.39 is 0 Å². The second-order valence-corrected chi connectivity index (χ2v) is 10.4. The van der Waals surface area contributed by atoms with Crippen LogP contribution in [-0.4, -0.2) is 43.2 Å². The van der Waals surface area contributed by atoms with Crippen molar-refractivity contribution >= 4 is 27.5 Å². The summed E-state index contributed by atoms with van der Waals surface area (Å²) >= 11 is 1.69. The molecular weight excluding hydrogens is 410 g/mol. The minimum Gasteiger partial charge on any atom is -0.338 e. The molecule has 1 aliphatic carbocycles. The maximum atomic E-state index is 13.4. The third-order valence-electron chi connectivity index (χ3n) is 6.76. The summed E-state index contributed by atoms with van der Waals surface area (Å²) in [4.78, 5) is 35.0. The van der Waals surface area contributed by atoms with Gasteiger partial charge in [0.15, 0.2) is 0 Å². The van der Waals surface area contributed by atoms with Crippen molar-refractivity contribution in [3.05, 3.63) is 45.1 Å². The van der Waals surface area contributed by atoms with Crippen molar-refractivity contribution in [1.82, 2.24) is 24.2 Å². The molecule has 2 aliphatic rings. The van der Waals surface area contributed by atoms with E-state index in [1.54, 1.807) is 23.9 Å². The van der Waals surface area contributed by atoms with Gasteiger partial charge in [-0.1, -0.05) is 6.92 Å². The van der Waals surface area contributed by atoms with Gasteiger partial charge in [-0.3, -0.25) is 18.8 Å². The van der Waals surface area contributed by atoms with E-state index >= 15 is 0 Å². The molecule has 164 valence electrons. The Labute approximate surface area is 185 Å². The molecule has 0 aromatic carbocycles. The maximum absolute atomic E-state index is 13.4. The standard InChI is InChI=1S/C23H29N5O2S/c1-14(2)28-12-16(11-25-28)22(29)26-8-6-17(7-9-26)27-13-24-21-20(23(27)30)18-5-4-15(3)10-19(18)31-21/h11-15,17H,4-10H2,1-3H3. The van der Waals surface area contributed by atoms with E-state index in [1.165, 1.54) is 10.4 Å². The average Bonchev–Trinajstić information content (AvgIpc) is 3.39. The first-order chi connectivity index (χ1) is 14.9. The van der Waals surface area contributed by atoms with Gasteiger partial charge in [0.1, 0.15) is 4.83 Å². The molecule has 5 rings (SSSR count). The van der Waals surface area contributed by atoms with Gasteiger partial charge in [-0.05, 0) is 57.4 Å². The minimum atomic E-state index is 0.0206. The second kappa shape index (κ2) is 7.89. The van der Waals surface area contributed by atoms with E-state index in [-0.39, 0.29) is 23.6 Å². The number of thiophene rings is 1. The van der Waals surface area contributed by atoms with Gasteiger partial charge in [0.2, 0.25) is 0 Å². The van der Waals surface area contributed by atoms with Crippen molar-refractivity contribution < 1.29 is 4.79 Å². The zero-order valence-corrected chi connectivity index (χ0v) is 19.2. The fourth-order valence-corrected chi connectivity index (χ4v) is 6.21. The van der Waals surface area contributed by atoms with E-state index in [2.05, 4.69) is 17.0 Å². The number of nitrogens with zero attached hydrogens (tertiary/aromatic N) is 5. The van der Waals surface area contributed by atoms with Crippen LogP contribution in [0.25, 0.3) is 10.2 Å². The molecule has 1 unspecified atom stereocenters. The number of amides is 1. The molecule has 3 aromatic heterocycles.